The number of hydrogen-bond donors (Lipinski definition) is 1. The number of carbonyl (C=O) groups is 2. The molecule has 2 amide bonds. The normalized spacial score (nSPS) is 14.7. The number of rotatable bonds is 12. The van der Waals surface area contributed by atoms with Crippen LogP contribution in [0.2, 0.25) is 0 Å². The minimum Gasteiger partial charge on any atom is -0.497 e. The molecule has 0 bridgehead atoms. The van der Waals surface area contributed by atoms with Crippen molar-refractivity contribution in [2.24, 2.45) is 0 Å². The quantitative estimate of drug-likeness (QED) is 0.391. The summed E-state index contributed by atoms with van der Waals surface area (Å²) in [5, 5.41) is 3.10. The summed E-state index contributed by atoms with van der Waals surface area (Å²) in [7, 11) is -2.05. The number of carbonyl (C=O) groups excluding carboxylic acids is 2. The van der Waals surface area contributed by atoms with Gasteiger partial charge in [0.25, 0.3) is 0 Å². The molecule has 0 unspecified atom stereocenters. The summed E-state index contributed by atoms with van der Waals surface area (Å²) in [6, 6.07) is 14.0. The van der Waals surface area contributed by atoms with Gasteiger partial charge in [-0.1, -0.05) is 47.0 Å². The van der Waals surface area contributed by atoms with Gasteiger partial charge < -0.3 is 15.0 Å². The van der Waals surface area contributed by atoms with Gasteiger partial charge in [-0.05, 0) is 56.0 Å². The van der Waals surface area contributed by atoms with Crippen LogP contribution in [-0.4, -0.2) is 57.1 Å². The summed E-state index contributed by atoms with van der Waals surface area (Å²) in [5.74, 6) is 0.182. The second kappa shape index (κ2) is 13.3. The van der Waals surface area contributed by atoms with E-state index >= 15 is 0 Å². The van der Waals surface area contributed by atoms with E-state index in [9.17, 15) is 18.0 Å². The van der Waals surface area contributed by atoms with Crippen molar-refractivity contribution in [2.75, 3.05) is 24.2 Å². The van der Waals surface area contributed by atoms with Crippen LogP contribution >= 0.6 is 15.9 Å². The van der Waals surface area contributed by atoms with E-state index in [0.717, 1.165) is 42.0 Å². The van der Waals surface area contributed by atoms with E-state index in [2.05, 4.69) is 21.2 Å². The van der Waals surface area contributed by atoms with Crippen molar-refractivity contribution in [3.05, 3.63) is 58.6 Å². The second-order valence-corrected chi connectivity index (χ2v) is 12.3. The molecule has 202 valence electrons. The Hall–Kier alpha value is -2.59. The summed E-state index contributed by atoms with van der Waals surface area (Å²) in [6.07, 6.45) is 5.67. The summed E-state index contributed by atoms with van der Waals surface area (Å²) in [6.45, 7) is 2.16. The zero-order valence-corrected chi connectivity index (χ0v) is 24.1. The maximum Gasteiger partial charge on any atom is 0.242 e. The van der Waals surface area contributed by atoms with Gasteiger partial charge in [0.2, 0.25) is 21.8 Å². The fourth-order valence-electron chi connectivity index (χ4n) is 4.58. The number of hydrogen-bond acceptors (Lipinski definition) is 5. The van der Waals surface area contributed by atoms with Gasteiger partial charge in [-0.3, -0.25) is 13.9 Å². The summed E-state index contributed by atoms with van der Waals surface area (Å²) < 4.78 is 32.4. The van der Waals surface area contributed by atoms with E-state index < -0.39 is 16.1 Å². The minimum atomic E-state index is -3.57. The first-order valence-electron chi connectivity index (χ1n) is 12.5. The van der Waals surface area contributed by atoms with Crippen LogP contribution in [0, 0.1) is 0 Å². The van der Waals surface area contributed by atoms with Crippen molar-refractivity contribution in [3.8, 4) is 5.75 Å². The molecule has 0 radical (unpaired) electrons. The monoisotopic (exact) mass is 593 g/mol. The maximum absolute atomic E-state index is 13.4. The molecule has 1 aliphatic carbocycles. The van der Waals surface area contributed by atoms with Crippen LogP contribution < -0.4 is 14.4 Å². The van der Waals surface area contributed by atoms with Gasteiger partial charge in [-0.2, -0.15) is 0 Å². The lowest BCUT2D eigenvalue weighted by Crippen LogP contribution is -2.49. The molecule has 1 atom stereocenters. The van der Waals surface area contributed by atoms with Crippen molar-refractivity contribution in [2.45, 2.75) is 64.1 Å². The van der Waals surface area contributed by atoms with Crippen LogP contribution in [0.1, 0.15) is 51.0 Å². The van der Waals surface area contributed by atoms with Gasteiger partial charge in [-0.15, -0.1) is 0 Å². The van der Waals surface area contributed by atoms with Crippen LogP contribution in [0.5, 0.6) is 5.75 Å². The third kappa shape index (κ3) is 8.46. The maximum atomic E-state index is 13.4. The zero-order chi connectivity index (χ0) is 27.0. The van der Waals surface area contributed by atoms with Gasteiger partial charge in [0.05, 0.1) is 19.1 Å². The van der Waals surface area contributed by atoms with Gasteiger partial charge in [0.15, 0.2) is 0 Å². The number of sulfonamides is 1. The molecule has 1 aliphatic rings. The number of benzene rings is 2. The fraction of sp³-hybridized carbons (Fsp3) is 0.481. The van der Waals surface area contributed by atoms with Gasteiger partial charge >= 0.3 is 0 Å². The van der Waals surface area contributed by atoms with Crippen LogP contribution in [0.15, 0.2) is 53.0 Å². The van der Waals surface area contributed by atoms with Crippen molar-refractivity contribution >= 4 is 43.5 Å². The molecule has 0 heterocycles. The standard InChI is InChI=1S/C27H36BrN3O5S/c1-20(27(33)29-23-11-4-5-12-23)30(19-21-9-6-10-22(28)17-21)26(32)15-8-16-31(37(3,34)35)24-13-7-14-25(18-24)36-2/h6-7,9-10,13-14,17-18,20,23H,4-5,8,11-12,15-16,19H2,1-3H3,(H,29,33)/t20-/m1/s1. The molecule has 0 saturated heterocycles. The molecule has 0 aliphatic heterocycles. The van der Waals surface area contributed by atoms with Crippen LogP contribution in [-0.2, 0) is 26.2 Å². The van der Waals surface area contributed by atoms with Crippen molar-refractivity contribution in [1.29, 1.82) is 0 Å². The molecule has 1 saturated carbocycles. The van der Waals surface area contributed by atoms with Gasteiger partial charge in [-0.25, -0.2) is 8.42 Å². The summed E-state index contributed by atoms with van der Waals surface area (Å²) in [4.78, 5) is 28.1. The first-order valence-corrected chi connectivity index (χ1v) is 15.2. The topological polar surface area (TPSA) is 96.0 Å². The molecule has 3 rings (SSSR count). The highest BCUT2D eigenvalue weighted by Crippen LogP contribution is 2.24. The highest BCUT2D eigenvalue weighted by Gasteiger charge is 2.28. The lowest BCUT2D eigenvalue weighted by molar-refractivity contribution is -0.141. The number of anilines is 1. The molecule has 8 nitrogen and oxygen atoms in total. The molecule has 0 spiro atoms. The lowest BCUT2D eigenvalue weighted by atomic mass is 10.1. The predicted octanol–water partition coefficient (Wildman–Crippen LogP) is 4.48. The second-order valence-electron chi connectivity index (χ2n) is 9.46. The first kappa shape index (κ1) is 29.0. The average molecular weight is 595 g/mol. The third-order valence-corrected chi connectivity index (χ3v) is 8.29. The Morgan fingerprint density at radius 1 is 1.14 bits per heavy atom. The van der Waals surface area contributed by atoms with Gasteiger partial charge in [0, 0.05) is 36.1 Å². The third-order valence-electron chi connectivity index (χ3n) is 6.60. The first-order chi connectivity index (χ1) is 17.6. The molecule has 1 N–H and O–H groups in total. The van der Waals surface area contributed by atoms with Crippen LogP contribution in [0.4, 0.5) is 5.69 Å². The van der Waals surface area contributed by atoms with E-state index in [1.807, 2.05) is 24.3 Å². The highest BCUT2D eigenvalue weighted by atomic mass is 79.9. The van der Waals surface area contributed by atoms with E-state index in [1.165, 1.54) is 11.4 Å². The van der Waals surface area contributed by atoms with Crippen molar-refractivity contribution in [1.82, 2.24) is 10.2 Å². The van der Waals surface area contributed by atoms with Crippen LogP contribution in [0.25, 0.3) is 0 Å². The van der Waals surface area contributed by atoms with Gasteiger partial charge in [0.1, 0.15) is 11.8 Å². The minimum absolute atomic E-state index is 0.102. The van der Waals surface area contributed by atoms with E-state index in [-0.39, 0.29) is 37.4 Å². The highest BCUT2D eigenvalue weighted by molar-refractivity contribution is 9.10. The molecule has 0 aromatic heterocycles. The van der Waals surface area contributed by atoms with Crippen molar-refractivity contribution in [3.63, 3.8) is 0 Å². The summed E-state index contributed by atoms with van der Waals surface area (Å²) in [5.41, 5.74) is 1.38. The molecule has 10 heteroatoms. The Morgan fingerprint density at radius 3 is 2.49 bits per heavy atom. The molecular weight excluding hydrogens is 558 g/mol. The Morgan fingerprint density at radius 2 is 1.84 bits per heavy atom. The number of methoxy groups -OCH3 is 1. The lowest BCUT2D eigenvalue weighted by Gasteiger charge is -2.30. The molecule has 37 heavy (non-hydrogen) atoms. The number of amides is 2. The van der Waals surface area contributed by atoms with E-state index in [1.54, 1.807) is 36.1 Å². The predicted molar refractivity (Wildman–Crippen MR) is 149 cm³/mol. The number of ether oxygens (including phenoxy) is 1. The summed E-state index contributed by atoms with van der Waals surface area (Å²) >= 11 is 3.47. The SMILES string of the molecule is COc1cccc(N(CCCC(=O)N(Cc2cccc(Br)c2)[C@H](C)C(=O)NC2CCCC2)S(C)(=O)=O)c1. The number of nitrogens with one attached hydrogen (secondary N) is 1. The van der Waals surface area contributed by atoms with E-state index in [4.69, 9.17) is 4.74 Å². The largest absolute Gasteiger partial charge is 0.497 e. The Kier molecular flexibility index (Phi) is 10.4. The Balaban J connectivity index is 1.72. The molecule has 2 aromatic rings. The number of nitrogens with zero attached hydrogens (tertiary/aromatic N) is 2. The Bertz CT molecular complexity index is 1180. The zero-order valence-electron chi connectivity index (χ0n) is 21.7. The molecule has 1 fully saturated rings. The van der Waals surface area contributed by atoms with E-state index in [0.29, 0.717) is 17.9 Å². The Labute approximate surface area is 228 Å². The molecule has 2 aromatic carbocycles. The number of halogens is 1. The smallest absolute Gasteiger partial charge is 0.242 e. The average Bonchev–Trinajstić information content (AvgIpc) is 3.37. The fourth-order valence-corrected chi connectivity index (χ4v) is 5.98. The van der Waals surface area contributed by atoms with Crippen LogP contribution in [0.3, 0.4) is 0 Å². The molecular formula is C27H36BrN3O5S. The van der Waals surface area contributed by atoms with Crippen molar-refractivity contribution < 1.29 is 22.7 Å².